The van der Waals surface area contributed by atoms with Crippen LogP contribution in [0.2, 0.25) is 0 Å². The minimum absolute atomic E-state index is 0.131. The van der Waals surface area contributed by atoms with Crippen LogP contribution in [0, 0.1) is 0 Å². The van der Waals surface area contributed by atoms with E-state index in [1.54, 1.807) is 18.2 Å². The van der Waals surface area contributed by atoms with Crippen LogP contribution in [0.25, 0.3) is 0 Å². The third kappa shape index (κ3) is 3.03. The summed E-state index contributed by atoms with van der Waals surface area (Å²) in [7, 11) is 0. The number of ether oxygens (including phenoxy) is 2. The Morgan fingerprint density at radius 2 is 2.06 bits per heavy atom. The molecule has 18 heavy (non-hydrogen) atoms. The molecule has 1 amide bonds. The molecule has 0 saturated carbocycles. The van der Waals surface area contributed by atoms with E-state index >= 15 is 0 Å². The fourth-order valence-electron chi connectivity index (χ4n) is 1.64. The van der Waals surface area contributed by atoms with Gasteiger partial charge in [-0.2, -0.15) is 0 Å². The molecule has 1 aromatic rings. The zero-order valence-electron chi connectivity index (χ0n) is 10.5. The third-order valence-corrected chi connectivity index (χ3v) is 2.56. The van der Waals surface area contributed by atoms with Crippen molar-refractivity contribution >= 4 is 5.91 Å². The van der Waals surface area contributed by atoms with Crippen molar-refractivity contribution in [3.63, 3.8) is 0 Å². The predicted octanol–water partition coefficient (Wildman–Crippen LogP) is 2.15. The molecule has 2 rings (SSSR count). The van der Waals surface area contributed by atoms with E-state index in [4.69, 9.17) is 9.47 Å². The molecule has 0 unspecified atom stereocenters. The van der Waals surface area contributed by atoms with Gasteiger partial charge < -0.3 is 14.8 Å². The molecule has 0 bridgehead atoms. The Bertz CT molecular complexity index is 468. The highest BCUT2D eigenvalue weighted by atomic mass is 16.5. The lowest BCUT2D eigenvalue weighted by atomic mass is 10.2. The maximum atomic E-state index is 11.9. The quantitative estimate of drug-likeness (QED) is 0.833. The summed E-state index contributed by atoms with van der Waals surface area (Å²) in [6, 6.07) is 5.23. The molecule has 1 aliphatic rings. The molecule has 0 atom stereocenters. The van der Waals surface area contributed by atoms with Crippen molar-refractivity contribution in [2.24, 2.45) is 0 Å². The van der Waals surface area contributed by atoms with Gasteiger partial charge in [-0.3, -0.25) is 4.79 Å². The lowest BCUT2D eigenvalue weighted by Gasteiger charge is -2.09. The minimum Gasteiger partial charge on any atom is -0.490 e. The van der Waals surface area contributed by atoms with Crippen LogP contribution < -0.4 is 14.8 Å². The Kier molecular flexibility index (Phi) is 3.87. The van der Waals surface area contributed by atoms with Gasteiger partial charge in [0.1, 0.15) is 0 Å². The zero-order valence-corrected chi connectivity index (χ0v) is 10.5. The van der Waals surface area contributed by atoms with Crippen LogP contribution in [0.4, 0.5) is 0 Å². The van der Waals surface area contributed by atoms with Gasteiger partial charge in [-0.15, -0.1) is 0 Å². The van der Waals surface area contributed by atoms with Gasteiger partial charge in [0, 0.05) is 18.5 Å². The first-order valence-corrected chi connectivity index (χ1v) is 5.99. The van der Waals surface area contributed by atoms with Gasteiger partial charge in [0.25, 0.3) is 5.91 Å². The Morgan fingerprint density at radius 3 is 2.78 bits per heavy atom. The number of carbonyl (C=O) groups excluding carboxylic acids is 1. The summed E-state index contributed by atoms with van der Waals surface area (Å²) in [6.45, 7) is 7.35. The molecule has 0 radical (unpaired) electrons. The van der Waals surface area contributed by atoms with Crippen LogP contribution >= 0.6 is 0 Å². The molecular weight excluding hydrogens is 230 g/mol. The van der Waals surface area contributed by atoms with Crippen LogP contribution in [0.1, 0.15) is 23.7 Å². The van der Waals surface area contributed by atoms with E-state index in [0.29, 0.717) is 36.8 Å². The lowest BCUT2D eigenvalue weighted by Crippen LogP contribution is -2.24. The average Bonchev–Trinajstić information content (AvgIpc) is 2.60. The number of hydrogen-bond donors (Lipinski definition) is 1. The molecule has 0 spiro atoms. The van der Waals surface area contributed by atoms with Crippen molar-refractivity contribution < 1.29 is 14.3 Å². The largest absolute Gasteiger partial charge is 0.490 e. The fourth-order valence-corrected chi connectivity index (χ4v) is 1.64. The normalized spacial score (nSPS) is 13.6. The van der Waals surface area contributed by atoms with Crippen LogP contribution in [-0.4, -0.2) is 25.7 Å². The minimum atomic E-state index is -0.131. The fraction of sp³-hybridized carbons (Fsp3) is 0.357. The lowest BCUT2D eigenvalue weighted by molar-refractivity contribution is 0.0956. The summed E-state index contributed by atoms with van der Waals surface area (Å²) >= 11 is 0. The molecule has 1 N–H and O–H groups in total. The van der Waals surface area contributed by atoms with Crippen molar-refractivity contribution in [2.45, 2.75) is 13.3 Å². The topological polar surface area (TPSA) is 47.6 Å². The van der Waals surface area contributed by atoms with Gasteiger partial charge in [0.2, 0.25) is 0 Å². The van der Waals surface area contributed by atoms with Gasteiger partial charge >= 0.3 is 0 Å². The predicted molar refractivity (Wildman–Crippen MR) is 69.2 cm³/mol. The van der Waals surface area contributed by atoms with Crippen LogP contribution in [0.3, 0.4) is 0 Å². The van der Waals surface area contributed by atoms with Crippen molar-refractivity contribution in [3.05, 3.63) is 35.9 Å². The number of fused-ring (bicyclic) bond motifs is 1. The number of carbonyl (C=O) groups is 1. The number of amides is 1. The Balaban J connectivity index is 2.12. The Labute approximate surface area is 107 Å². The van der Waals surface area contributed by atoms with E-state index in [1.807, 2.05) is 6.92 Å². The van der Waals surface area contributed by atoms with E-state index in [1.165, 1.54) is 0 Å². The molecule has 0 aromatic heterocycles. The second-order valence-corrected chi connectivity index (χ2v) is 4.35. The monoisotopic (exact) mass is 247 g/mol. The van der Waals surface area contributed by atoms with Crippen molar-refractivity contribution in [1.82, 2.24) is 5.32 Å². The zero-order chi connectivity index (χ0) is 13.0. The highest BCUT2D eigenvalue weighted by molar-refractivity contribution is 5.95. The maximum Gasteiger partial charge on any atom is 0.251 e. The summed E-state index contributed by atoms with van der Waals surface area (Å²) < 4.78 is 11.1. The second-order valence-electron chi connectivity index (χ2n) is 4.35. The third-order valence-electron chi connectivity index (χ3n) is 2.56. The maximum absolute atomic E-state index is 11.9. The standard InChI is InChI=1S/C14H17NO3/c1-10(2)9-15-14(16)11-4-5-12-13(8-11)18-7-3-6-17-12/h4-5,8H,1,3,6-7,9H2,2H3,(H,15,16). The molecule has 1 aromatic carbocycles. The molecule has 4 nitrogen and oxygen atoms in total. The Morgan fingerprint density at radius 1 is 1.33 bits per heavy atom. The first-order chi connectivity index (χ1) is 8.66. The Hall–Kier alpha value is -1.97. The molecule has 4 heteroatoms. The molecule has 1 aliphatic heterocycles. The number of hydrogen-bond acceptors (Lipinski definition) is 3. The highest BCUT2D eigenvalue weighted by Gasteiger charge is 2.13. The summed E-state index contributed by atoms with van der Waals surface area (Å²) in [5.74, 6) is 1.20. The van der Waals surface area contributed by atoms with Crippen molar-refractivity contribution in [2.75, 3.05) is 19.8 Å². The van der Waals surface area contributed by atoms with E-state index in [-0.39, 0.29) is 5.91 Å². The summed E-state index contributed by atoms with van der Waals surface area (Å²) in [5.41, 5.74) is 1.48. The number of benzene rings is 1. The average molecular weight is 247 g/mol. The van der Waals surface area contributed by atoms with E-state index < -0.39 is 0 Å². The summed E-state index contributed by atoms with van der Waals surface area (Å²) in [5, 5.41) is 2.79. The number of rotatable bonds is 3. The molecule has 1 heterocycles. The van der Waals surface area contributed by atoms with Gasteiger partial charge in [0.15, 0.2) is 11.5 Å². The smallest absolute Gasteiger partial charge is 0.251 e. The summed E-state index contributed by atoms with van der Waals surface area (Å²) in [6.07, 6.45) is 0.853. The van der Waals surface area contributed by atoms with Crippen molar-refractivity contribution in [3.8, 4) is 11.5 Å². The molecule has 0 fully saturated rings. The van der Waals surface area contributed by atoms with Gasteiger partial charge in [0.05, 0.1) is 13.2 Å². The van der Waals surface area contributed by atoms with Gasteiger partial charge in [-0.05, 0) is 25.1 Å². The molecule has 96 valence electrons. The molecular formula is C14H17NO3. The highest BCUT2D eigenvalue weighted by Crippen LogP contribution is 2.30. The SMILES string of the molecule is C=C(C)CNC(=O)c1ccc2c(c1)OCCCO2. The van der Waals surface area contributed by atoms with Gasteiger partial charge in [-0.1, -0.05) is 12.2 Å². The van der Waals surface area contributed by atoms with E-state index in [9.17, 15) is 4.79 Å². The van der Waals surface area contributed by atoms with Crippen LogP contribution in [0.15, 0.2) is 30.4 Å². The first-order valence-electron chi connectivity index (χ1n) is 5.99. The second kappa shape index (κ2) is 5.58. The van der Waals surface area contributed by atoms with Gasteiger partial charge in [-0.25, -0.2) is 0 Å². The van der Waals surface area contributed by atoms with E-state index in [2.05, 4.69) is 11.9 Å². The van der Waals surface area contributed by atoms with Crippen LogP contribution in [-0.2, 0) is 0 Å². The molecule has 0 saturated heterocycles. The molecule has 0 aliphatic carbocycles. The van der Waals surface area contributed by atoms with Crippen LogP contribution in [0.5, 0.6) is 11.5 Å². The van der Waals surface area contributed by atoms with Crippen molar-refractivity contribution in [1.29, 1.82) is 0 Å². The van der Waals surface area contributed by atoms with E-state index in [0.717, 1.165) is 12.0 Å². The first kappa shape index (κ1) is 12.5. The number of nitrogens with one attached hydrogen (secondary N) is 1. The summed E-state index contributed by atoms with van der Waals surface area (Å²) in [4.78, 5) is 11.9.